The number of nitrogens with zero attached hydrogens (tertiary/aromatic N) is 3. The number of nitriles is 3. The van der Waals surface area contributed by atoms with Crippen molar-refractivity contribution in [3.8, 4) is 18.2 Å². The van der Waals surface area contributed by atoms with E-state index in [9.17, 15) is 10.5 Å². The highest BCUT2D eigenvalue weighted by Crippen LogP contribution is 2.37. The van der Waals surface area contributed by atoms with Crippen LogP contribution in [0.4, 0.5) is 0 Å². The quantitative estimate of drug-likeness (QED) is 0.807. The van der Waals surface area contributed by atoms with Crippen LogP contribution < -0.4 is 0 Å². The van der Waals surface area contributed by atoms with Crippen LogP contribution in [0.15, 0.2) is 16.6 Å². The zero-order chi connectivity index (χ0) is 16.3. The maximum atomic E-state index is 9.44. The Balaban J connectivity index is 3.71. The second-order valence-electron chi connectivity index (χ2n) is 6.11. The third-order valence-electron chi connectivity index (χ3n) is 3.61. The van der Waals surface area contributed by atoms with Gasteiger partial charge < -0.3 is 0 Å². The molecule has 0 aliphatic carbocycles. The van der Waals surface area contributed by atoms with Crippen molar-refractivity contribution in [3.05, 3.63) is 33.3 Å². The maximum absolute atomic E-state index is 9.44. The molecule has 1 aromatic carbocycles. The number of hydrogen-bond acceptors (Lipinski definition) is 3. The minimum atomic E-state index is -0.672. The van der Waals surface area contributed by atoms with Crippen LogP contribution >= 0.6 is 15.9 Å². The van der Waals surface area contributed by atoms with Crippen molar-refractivity contribution in [2.24, 2.45) is 0 Å². The van der Waals surface area contributed by atoms with E-state index in [-0.39, 0.29) is 0 Å². The molecule has 0 bridgehead atoms. The van der Waals surface area contributed by atoms with Crippen molar-refractivity contribution < 1.29 is 0 Å². The summed E-state index contributed by atoms with van der Waals surface area (Å²) in [5.41, 5.74) is 1.36. The first kappa shape index (κ1) is 17.2. The Bertz CT molecular complexity index is 620. The first-order chi connectivity index (χ1) is 9.69. The second kappa shape index (κ2) is 6.30. The van der Waals surface area contributed by atoms with Crippen LogP contribution in [0.5, 0.6) is 0 Å². The molecule has 0 atom stereocenters. The molecule has 1 rings (SSSR count). The zero-order valence-electron chi connectivity index (χ0n) is 12.8. The lowest BCUT2D eigenvalue weighted by Crippen LogP contribution is -2.23. The van der Waals surface area contributed by atoms with Gasteiger partial charge in [-0.1, -0.05) is 15.9 Å². The monoisotopic (exact) mass is 343 g/mol. The molecule has 1 aromatic rings. The molecule has 108 valence electrons. The van der Waals surface area contributed by atoms with Crippen LogP contribution in [0.2, 0.25) is 0 Å². The first-order valence-corrected chi connectivity index (χ1v) is 7.51. The van der Waals surface area contributed by atoms with Crippen molar-refractivity contribution in [2.45, 2.75) is 51.4 Å². The Hall–Kier alpha value is -1.83. The van der Waals surface area contributed by atoms with Crippen LogP contribution in [0.1, 0.15) is 50.8 Å². The SMILES string of the molecule is CC(C)(C#N)c1cc(Br)cc(C(C)(C)C#N)c1CCC#N. The fourth-order valence-electron chi connectivity index (χ4n) is 2.32. The van der Waals surface area contributed by atoms with E-state index in [0.29, 0.717) is 12.8 Å². The Kier molecular flexibility index (Phi) is 5.16. The van der Waals surface area contributed by atoms with Crippen LogP contribution in [0.3, 0.4) is 0 Å². The molecule has 0 unspecified atom stereocenters. The molecule has 0 aromatic heterocycles. The Labute approximate surface area is 134 Å². The lowest BCUT2D eigenvalue weighted by atomic mass is 9.75. The summed E-state index contributed by atoms with van der Waals surface area (Å²) in [6.07, 6.45) is 0.912. The van der Waals surface area contributed by atoms with Gasteiger partial charge in [0.15, 0.2) is 0 Å². The van der Waals surface area contributed by atoms with Crippen molar-refractivity contribution in [3.63, 3.8) is 0 Å². The van der Waals surface area contributed by atoms with Crippen molar-refractivity contribution in [2.75, 3.05) is 0 Å². The summed E-state index contributed by atoms with van der Waals surface area (Å²) in [5.74, 6) is 0. The highest BCUT2D eigenvalue weighted by Gasteiger charge is 2.30. The minimum Gasteiger partial charge on any atom is -0.198 e. The Morgan fingerprint density at radius 2 is 1.38 bits per heavy atom. The van der Waals surface area contributed by atoms with Gasteiger partial charge in [-0.25, -0.2) is 0 Å². The van der Waals surface area contributed by atoms with Gasteiger partial charge in [-0.15, -0.1) is 0 Å². The number of rotatable bonds is 4. The molecule has 0 saturated carbocycles. The molecule has 3 nitrogen and oxygen atoms in total. The van der Waals surface area contributed by atoms with E-state index in [2.05, 4.69) is 34.1 Å². The van der Waals surface area contributed by atoms with E-state index in [1.54, 1.807) is 0 Å². The summed E-state index contributed by atoms with van der Waals surface area (Å²) >= 11 is 3.47. The average molecular weight is 344 g/mol. The van der Waals surface area contributed by atoms with Gasteiger partial charge in [-0.2, -0.15) is 15.8 Å². The average Bonchev–Trinajstić information content (AvgIpc) is 2.45. The molecular weight excluding hydrogens is 326 g/mol. The highest BCUT2D eigenvalue weighted by atomic mass is 79.9. The van der Waals surface area contributed by atoms with Gasteiger partial charge in [-0.05, 0) is 62.9 Å². The van der Waals surface area contributed by atoms with Crippen LogP contribution in [0, 0.1) is 34.0 Å². The van der Waals surface area contributed by atoms with Crippen molar-refractivity contribution >= 4 is 15.9 Å². The molecule has 0 aliphatic heterocycles. The molecule has 21 heavy (non-hydrogen) atoms. The Morgan fingerprint density at radius 3 is 1.71 bits per heavy atom. The summed E-state index contributed by atoms with van der Waals surface area (Å²) in [6, 6.07) is 10.6. The summed E-state index contributed by atoms with van der Waals surface area (Å²) in [6.45, 7) is 7.42. The topological polar surface area (TPSA) is 71.4 Å². The van der Waals surface area contributed by atoms with E-state index >= 15 is 0 Å². The number of hydrogen-bond donors (Lipinski definition) is 0. The summed E-state index contributed by atoms with van der Waals surface area (Å²) < 4.78 is 0.847. The highest BCUT2D eigenvalue weighted by molar-refractivity contribution is 9.10. The zero-order valence-corrected chi connectivity index (χ0v) is 14.4. The summed E-state index contributed by atoms with van der Waals surface area (Å²) in [7, 11) is 0. The van der Waals surface area contributed by atoms with Gasteiger partial charge in [-0.3, -0.25) is 0 Å². The van der Waals surface area contributed by atoms with Gasteiger partial charge in [0.05, 0.1) is 29.0 Å². The van der Waals surface area contributed by atoms with Crippen LogP contribution in [-0.2, 0) is 17.3 Å². The molecule has 0 heterocycles. The van der Waals surface area contributed by atoms with E-state index in [1.807, 2.05) is 39.8 Å². The van der Waals surface area contributed by atoms with Gasteiger partial charge in [0.2, 0.25) is 0 Å². The van der Waals surface area contributed by atoms with Crippen LogP contribution in [-0.4, -0.2) is 0 Å². The number of benzene rings is 1. The second-order valence-corrected chi connectivity index (χ2v) is 7.03. The molecule has 4 heteroatoms. The van der Waals surface area contributed by atoms with E-state index in [1.165, 1.54) is 0 Å². The minimum absolute atomic E-state index is 0.366. The molecule has 0 N–H and O–H groups in total. The lowest BCUT2D eigenvalue weighted by Gasteiger charge is -2.27. The summed E-state index contributed by atoms with van der Waals surface area (Å²) in [4.78, 5) is 0. The first-order valence-electron chi connectivity index (χ1n) is 6.72. The molecular formula is C17H18BrN3. The summed E-state index contributed by atoms with van der Waals surface area (Å²) in [5, 5.41) is 27.8. The molecule has 0 spiro atoms. The smallest absolute Gasteiger partial charge is 0.0769 e. The molecule has 0 saturated heterocycles. The number of halogens is 1. The van der Waals surface area contributed by atoms with Crippen LogP contribution in [0.25, 0.3) is 0 Å². The molecule has 0 aliphatic rings. The lowest BCUT2D eigenvalue weighted by molar-refractivity contribution is 0.640. The fourth-order valence-corrected chi connectivity index (χ4v) is 2.78. The third kappa shape index (κ3) is 3.63. The Morgan fingerprint density at radius 1 is 0.952 bits per heavy atom. The van der Waals surface area contributed by atoms with Gasteiger partial charge >= 0.3 is 0 Å². The van der Waals surface area contributed by atoms with E-state index in [0.717, 1.165) is 21.2 Å². The predicted octanol–water partition coefficient (Wildman–Crippen LogP) is 4.51. The van der Waals surface area contributed by atoms with Crippen molar-refractivity contribution in [1.29, 1.82) is 15.8 Å². The largest absolute Gasteiger partial charge is 0.198 e. The van der Waals surface area contributed by atoms with Gasteiger partial charge in [0.1, 0.15) is 0 Å². The van der Waals surface area contributed by atoms with E-state index in [4.69, 9.17) is 5.26 Å². The normalized spacial score (nSPS) is 11.3. The van der Waals surface area contributed by atoms with Gasteiger partial charge in [0.25, 0.3) is 0 Å². The molecule has 0 fully saturated rings. The maximum Gasteiger partial charge on any atom is 0.0769 e. The fraction of sp³-hybridized carbons (Fsp3) is 0.471. The molecule has 0 radical (unpaired) electrons. The van der Waals surface area contributed by atoms with Gasteiger partial charge in [0, 0.05) is 10.9 Å². The van der Waals surface area contributed by atoms with E-state index < -0.39 is 10.8 Å². The molecule has 0 amide bonds. The standard InChI is InChI=1S/C17H18BrN3/c1-16(2,10-20)14-8-12(18)9-15(17(3,4)11-21)13(14)6-5-7-19/h8-9H,5-6H2,1-4H3. The van der Waals surface area contributed by atoms with Crippen molar-refractivity contribution in [1.82, 2.24) is 0 Å². The predicted molar refractivity (Wildman–Crippen MR) is 85.4 cm³/mol. The third-order valence-corrected chi connectivity index (χ3v) is 4.07.